The Morgan fingerprint density at radius 1 is 1.10 bits per heavy atom. The maximum absolute atomic E-state index is 13.6. The molecule has 2 aromatic carbocycles. The highest BCUT2D eigenvalue weighted by Gasteiger charge is 2.42. The molecule has 11 heteroatoms. The second-order valence-electron chi connectivity index (χ2n) is 9.33. The van der Waals surface area contributed by atoms with E-state index < -0.39 is 11.3 Å². The number of amidine groups is 2. The SMILES string of the molecule is CC[C@H](SC1=Nc2ccccc2C2=N[C@@H](CCC(=O)NCc3ccccc3OC)C(=O)N12)C(=O)NCCCOC. The third-order valence-corrected chi connectivity index (χ3v) is 7.91. The second kappa shape index (κ2) is 14.1. The van der Waals surface area contributed by atoms with Crippen LogP contribution in [0, 0.1) is 0 Å². The molecule has 2 atom stereocenters. The molecular formula is C29H35N5O5S. The molecule has 0 unspecified atom stereocenters. The van der Waals surface area contributed by atoms with Crippen LogP contribution < -0.4 is 15.4 Å². The number of thioether (sulfide) groups is 1. The zero-order chi connectivity index (χ0) is 28.5. The number of benzene rings is 2. The van der Waals surface area contributed by atoms with Crippen LogP contribution in [-0.2, 0) is 25.7 Å². The third kappa shape index (κ3) is 6.89. The number of hydrogen-bond acceptors (Lipinski definition) is 8. The molecule has 40 heavy (non-hydrogen) atoms. The first-order chi connectivity index (χ1) is 19.5. The molecule has 0 aliphatic carbocycles. The van der Waals surface area contributed by atoms with Crippen LogP contribution >= 0.6 is 11.8 Å². The van der Waals surface area contributed by atoms with Gasteiger partial charge in [-0.1, -0.05) is 49.0 Å². The standard InChI is InChI=1S/C29H35N5O5S/c1-4-24(27(36)30-16-9-17-38-2)40-29-33-21-12-7-6-11-20(21)26-32-22(28(37)34(26)29)14-15-25(35)31-18-19-10-5-8-13-23(19)39-3/h5-8,10-13,22,24H,4,9,14-18H2,1-3H3,(H,30,36)(H,31,35)/t22-,24-/m0/s1. The van der Waals surface area contributed by atoms with E-state index in [0.29, 0.717) is 55.0 Å². The lowest BCUT2D eigenvalue weighted by Gasteiger charge is -2.27. The number of methoxy groups -OCH3 is 2. The summed E-state index contributed by atoms with van der Waals surface area (Å²) in [6, 6.07) is 14.3. The molecule has 0 aromatic heterocycles. The van der Waals surface area contributed by atoms with E-state index in [1.165, 1.54) is 16.7 Å². The number of carbonyl (C=O) groups excluding carboxylic acids is 3. The first kappa shape index (κ1) is 29.3. The Morgan fingerprint density at radius 2 is 1.88 bits per heavy atom. The van der Waals surface area contributed by atoms with Gasteiger partial charge in [0.15, 0.2) is 5.17 Å². The normalized spacial score (nSPS) is 16.4. The molecule has 0 saturated heterocycles. The number of nitrogens with one attached hydrogen (secondary N) is 2. The van der Waals surface area contributed by atoms with Crippen LogP contribution in [0.4, 0.5) is 5.69 Å². The molecule has 0 radical (unpaired) electrons. The lowest BCUT2D eigenvalue weighted by Crippen LogP contribution is -2.43. The largest absolute Gasteiger partial charge is 0.496 e. The van der Waals surface area contributed by atoms with Gasteiger partial charge in [-0.25, -0.2) is 9.89 Å². The average molecular weight is 566 g/mol. The predicted octanol–water partition coefficient (Wildman–Crippen LogP) is 3.41. The van der Waals surface area contributed by atoms with E-state index in [1.807, 2.05) is 55.5 Å². The van der Waals surface area contributed by atoms with E-state index >= 15 is 0 Å². The summed E-state index contributed by atoms with van der Waals surface area (Å²) in [7, 11) is 3.21. The Morgan fingerprint density at radius 3 is 2.65 bits per heavy atom. The van der Waals surface area contributed by atoms with Gasteiger partial charge in [-0.2, -0.15) is 0 Å². The molecule has 10 nitrogen and oxygen atoms in total. The van der Waals surface area contributed by atoms with Crippen LogP contribution in [0.1, 0.15) is 43.7 Å². The predicted molar refractivity (Wildman–Crippen MR) is 156 cm³/mol. The molecule has 0 saturated carbocycles. The topological polar surface area (TPSA) is 122 Å². The lowest BCUT2D eigenvalue weighted by atomic mass is 10.1. The zero-order valence-electron chi connectivity index (χ0n) is 23.0. The van der Waals surface area contributed by atoms with E-state index in [4.69, 9.17) is 19.5 Å². The van der Waals surface area contributed by atoms with Crippen LogP contribution in [0.15, 0.2) is 58.5 Å². The van der Waals surface area contributed by atoms with Gasteiger partial charge in [-0.3, -0.25) is 19.4 Å². The molecule has 2 N–H and O–H groups in total. The van der Waals surface area contributed by atoms with E-state index in [1.54, 1.807) is 14.2 Å². The van der Waals surface area contributed by atoms with Crippen molar-refractivity contribution in [3.8, 4) is 5.75 Å². The quantitative estimate of drug-likeness (QED) is 0.359. The van der Waals surface area contributed by atoms with Crippen molar-refractivity contribution in [3.63, 3.8) is 0 Å². The third-order valence-electron chi connectivity index (χ3n) is 6.60. The van der Waals surface area contributed by atoms with Crippen LogP contribution in [0.25, 0.3) is 0 Å². The van der Waals surface area contributed by atoms with Crippen LogP contribution in [0.3, 0.4) is 0 Å². The van der Waals surface area contributed by atoms with Gasteiger partial charge in [0.25, 0.3) is 5.91 Å². The molecule has 2 heterocycles. The van der Waals surface area contributed by atoms with Crippen LogP contribution in [-0.4, -0.2) is 72.3 Å². The maximum Gasteiger partial charge on any atom is 0.259 e. The maximum atomic E-state index is 13.6. The van der Waals surface area contributed by atoms with Crippen molar-refractivity contribution in [2.45, 2.75) is 50.4 Å². The van der Waals surface area contributed by atoms with Gasteiger partial charge in [0.05, 0.1) is 18.0 Å². The molecule has 0 fully saturated rings. The molecule has 0 bridgehead atoms. The fourth-order valence-corrected chi connectivity index (χ4v) is 5.50. The van der Waals surface area contributed by atoms with E-state index in [2.05, 4.69) is 10.6 Å². The molecule has 3 amide bonds. The first-order valence-electron chi connectivity index (χ1n) is 13.4. The number of fused-ring (bicyclic) bond motifs is 3. The van der Waals surface area contributed by atoms with Crippen molar-refractivity contribution in [1.82, 2.24) is 15.5 Å². The van der Waals surface area contributed by atoms with Gasteiger partial charge in [0.1, 0.15) is 17.6 Å². The Balaban J connectivity index is 1.43. The fourth-order valence-electron chi connectivity index (χ4n) is 4.46. The van der Waals surface area contributed by atoms with Gasteiger partial charge in [-0.15, -0.1) is 0 Å². The number of nitrogens with zero attached hydrogens (tertiary/aromatic N) is 3. The summed E-state index contributed by atoms with van der Waals surface area (Å²) in [6.45, 7) is 3.33. The summed E-state index contributed by atoms with van der Waals surface area (Å²) < 4.78 is 10.4. The van der Waals surface area contributed by atoms with Crippen LogP contribution in [0.2, 0.25) is 0 Å². The molecule has 0 spiro atoms. The van der Waals surface area contributed by atoms with Crippen molar-refractivity contribution >= 4 is 46.2 Å². The number of hydrogen-bond donors (Lipinski definition) is 2. The Hall–Kier alpha value is -3.70. The first-order valence-corrected chi connectivity index (χ1v) is 14.3. The zero-order valence-corrected chi connectivity index (χ0v) is 23.8. The molecule has 2 aliphatic rings. The number of aliphatic imine (C=N–C) groups is 2. The summed E-state index contributed by atoms with van der Waals surface area (Å²) in [6.07, 6.45) is 1.67. The Kier molecular flexibility index (Phi) is 10.3. The van der Waals surface area contributed by atoms with Crippen molar-refractivity contribution < 1.29 is 23.9 Å². The van der Waals surface area contributed by atoms with Gasteiger partial charge >= 0.3 is 0 Å². The molecular weight excluding hydrogens is 530 g/mol. The highest BCUT2D eigenvalue weighted by atomic mass is 32.2. The average Bonchev–Trinajstić information content (AvgIpc) is 3.32. The molecule has 2 aromatic rings. The van der Waals surface area contributed by atoms with E-state index in [0.717, 1.165) is 11.1 Å². The number of ether oxygens (including phenoxy) is 2. The Labute approximate surface area is 238 Å². The summed E-state index contributed by atoms with van der Waals surface area (Å²) in [4.78, 5) is 50.1. The highest BCUT2D eigenvalue weighted by molar-refractivity contribution is 8.15. The number of amides is 3. The van der Waals surface area contributed by atoms with E-state index in [-0.39, 0.29) is 30.6 Å². The van der Waals surface area contributed by atoms with Crippen LogP contribution in [0.5, 0.6) is 5.75 Å². The molecule has 4 rings (SSSR count). The summed E-state index contributed by atoms with van der Waals surface area (Å²) in [5, 5.41) is 5.83. The minimum Gasteiger partial charge on any atom is -0.496 e. The monoisotopic (exact) mass is 565 g/mol. The Bertz CT molecular complexity index is 1300. The second-order valence-corrected chi connectivity index (χ2v) is 10.5. The fraction of sp³-hybridized carbons (Fsp3) is 0.414. The van der Waals surface area contributed by atoms with Crippen molar-refractivity contribution in [3.05, 3.63) is 59.7 Å². The summed E-state index contributed by atoms with van der Waals surface area (Å²) in [5.74, 6) is 0.674. The smallest absolute Gasteiger partial charge is 0.259 e. The number of carbonyl (C=O) groups is 3. The summed E-state index contributed by atoms with van der Waals surface area (Å²) >= 11 is 1.26. The molecule has 2 aliphatic heterocycles. The number of rotatable bonds is 13. The van der Waals surface area contributed by atoms with Crippen molar-refractivity contribution in [1.29, 1.82) is 0 Å². The van der Waals surface area contributed by atoms with E-state index in [9.17, 15) is 14.4 Å². The highest BCUT2D eigenvalue weighted by Crippen LogP contribution is 2.35. The van der Waals surface area contributed by atoms with Gasteiger partial charge < -0.3 is 20.1 Å². The molecule has 212 valence electrons. The van der Waals surface area contributed by atoms with Gasteiger partial charge in [-0.05, 0) is 37.5 Å². The van der Waals surface area contributed by atoms with Crippen molar-refractivity contribution in [2.75, 3.05) is 27.4 Å². The minimum absolute atomic E-state index is 0.112. The van der Waals surface area contributed by atoms with Crippen molar-refractivity contribution in [2.24, 2.45) is 9.98 Å². The van der Waals surface area contributed by atoms with Gasteiger partial charge in [0.2, 0.25) is 11.8 Å². The van der Waals surface area contributed by atoms with Gasteiger partial charge in [0, 0.05) is 44.4 Å². The summed E-state index contributed by atoms with van der Waals surface area (Å²) in [5.41, 5.74) is 2.31. The minimum atomic E-state index is -0.716. The lowest BCUT2D eigenvalue weighted by molar-refractivity contribution is -0.125. The number of para-hydroxylation sites is 2.